The number of fused-ring (bicyclic) bond motifs is 1. The first kappa shape index (κ1) is 21.5. The lowest BCUT2D eigenvalue weighted by molar-refractivity contribution is -0.112. The summed E-state index contributed by atoms with van der Waals surface area (Å²) in [5.74, 6) is 0.145. The summed E-state index contributed by atoms with van der Waals surface area (Å²) in [4.78, 5) is 15.8. The number of aromatic amines is 1. The number of nitrogens with zero attached hydrogens (tertiary/aromatic N) is 1. The van der Waals surface area contributed by atoms with Crippen molar-refractivity contribution in [3.8, 4) is 11.8 Å². The molecule has 0 unspecified atom stereocenters. The van der Waals surface area contributed by atoms with Gasteiger partial charge in [0.1, 0.15) is 24.0 Å². The highest BCUT2D eigenvalue weighted by molar-refractivity contribution is 6.42. The second-order valence-corrected chi connectivity index (χ2v) is 7.79. The summed E-state index contributed by atoms with van der Waals surface area (Å²) in [5, 5.41) is 13.7. The first-order valence-electron chi connectivity index (χ1n) is 9.69. The molecule has 0 bridgehead atoms. The van der Waals surface area contributed by atoms with Gasteiger partial charge in [-0.2, -0.15) is 5.26 Å². The number of H-pyrrole nitrogens is 1. The Morgan fingerprint density at radius 2 is 1.88 bits per heavy atom. The molecule has 3 aromatic carbocycles. The SMILES string of the molecule is N#C/C(=C\c1c[nH]c2ccc(OCc3ccccc3)cc12)C(=O)Nc1ccc(Cl)c(Cl)c1. The number of carbonyl (C=O) groups is 1. The molecule has 2 N–H and O–H groups in total. The molecule has 1 aromatic heterocycles. The molecule has 32 heavy (non-hydrogen) atoms. The molecule has 158 valence electrons. The Labute approximate surface area is 194 Å². The van der Waals surface area contributed by atoms with Crippen molar-refractivity contribution in [2.45, 2.75) is 6.61 Å². The average molecular weight is 462 g/mol. The van der Waals surface area contributed by atoms with Gasteiger partial charge in [-0.25, -0.2) is 0 Å². The van der Waals surface area contributed by atoms with Crippen molar-refractivity contribution in [1.29, 1.82) is 5.26 Å². The third-order valence-electron chi connectivity index (χ3n) is 4.78. The van der Waals surface area contributed by atoms with Crippen molar-refractivity contribution in [3.05, 3.63) is 99.7 Å². The van der Waals surface area contributed by atoms with Crippen molar-refractivity contribution >= 4 is 51.8 Å². The minimum Gasteiger partial charge on any atom is -0.489 e. The Kier molecular flexibility index (Phi) is 6.46. The lowest BCUT2D eigenvalue weighted by atomic mass is 10.1. The van der Waals surface area contributed by atoms with E-state index in [0.29, 0.717) is 33.7 Å². The van der Waals surface area contributed by atoms with Crippen LogP contribution in [0, 0.1) is 11.3 Å². The molecular weight excluding hydrogens is 445 g/mol. The minimum atomic E-state index is -0.545. The maximum Gasteiger partial charge on any atom is 0.266 e. The lowest BCUT2D eigenvalue weighted by Gasteiger charge is -2.07. The molecule has 0 spiro atoms. The van der Waals surface area contributed by atoms with Crippen LogP contribution in [0.2, 0.25) is 10.0 Å². The van der Waals surface area contributed by atoms with Crippen LogP contribution in [-0.2, 0) is 11.4 Å². The third-order valence-corrected chi connectivity index (χ3v) is 5.51. The van der Waals surface area contributed by atoms with Gasteiger partial charge in [0.25, 0.3) is 5.91 Å². The van der Waals surface area contributed by atoms with E-state index in [-0.39, 0.29) is 5.57 Å². The molecule has 0 atom stereocenters. The topological polar surface area (TPSA) is 77.9 Å². The van der Waals surface area contributed by atoms with Gasteiger partial charge in [-0.1, -0.05) is 53.5 Å². The number of nitriles is 1. The molecule has 1 heterocycles. The van der Waals surface area contributed by atoms with Gasteiger partial charge in [-0.05, 0) is 48.0 Å². The molecule has 0 saturated carbocycles. The molecule has 0 aliphatic heterocycles. The van der Waals surface area contributed by atoms with Gasteiger partial charge < -0.3 is 15.0 Å². The minimum absolute atomic E-state index is 0.0485. The van der Waals surface area contributed by atoms with Crippen LogP contribution in [0.15, 0.2) is 78.5 Å². The van der Waals surface area contributed by atoms with E-state index in [2.05, 4.69) is 10.3 Å². The second-order valence-electron chi connectivity index (χ2n) is 6.98. The fourth-order valence-electron chi connectivity index (χ4n) is 3.15. The smallest absolute Gasteiger partial charge is 0.266 e. The van der Waals surface area contributed by atoms with Crippen LogP contribution >= 0.6 is 23.2 Å². The number of benzene rings is 3. The van der Waals surface area contributed by atoms with Gasteiger partial charge in [0.15, 0.2) is 0 Å². The predicted molar refractivity (Wildman–Crippen MR) is 128 cm³/mol. The number of hydrogen-bond donors (Lipinski definition) is 2. The Morgan fingerprint density at radius 1 is 1.06 bits per heavy atom. The van der Waals surface area contributed by atoms with Crippen LogP contribution in [0.25, 0.3) is 17.0 Å². The highest BCUT2D eigenvalue weighted by Crippen LogP contribution is 2.27. The van der Waals surface area contributed by atoms with Crippen LogP contribution in [0.4, 0.5) is 5.69 Å². The molecule has 4 rings (SSSR count). The fourth-order valence-corrected chi connectivity index (χ4v) is 3.45. The molecule has 1 amide bonds. The Balaban J connectivity index is 1.56. The molecule has 0 aliphatic rings. The summed E-state index contributed by atoms with van der Waals surface area (Å²) in [5.41, 5.74) is 3.03. The predicted octanol–water partition coefficient (Wildman–Crippen LogP) is 6.60. The molecule has 4 aromatic rings. The van der Waals surface area contributed by atoms with Crippen molar-refractivity contribution in [3.63, 3.8) is 0 Å². The quantitative estimate of drug-likeness (QED) is 0.250. The first-order valence-corrected chi connectivity index (χ1v) is 10.4. The van der Waals surface area contributed by atoms with Gasteiger partial charge in [0.05, 0.1) is 10.0 Å². The van der Waals surface area contributed by atoms with E-state index in [1.54, 1.807) is 18.3 Å². The molecular formula is C25H17Cl2N3O2. The van der Waals surface area contributed by atoms with E-state index in [9.17, 15) is 10.1 Å². The van der Waals surface area contributed by atoms with Gasteiger partial charge in [-0.15, -0.1) is 0 Å². The van der Waals surface area contributed by atoms with E-state index < -0.39 is 5.91 Å². The number of halogens is 2. The highest BCUT2D eigenvalue weighted by Gasteiger charge is 2.12. The van der Waals surface area contributed by atoms with Crippen molar-refractivity contribution < 1.29 is 9.53 Å². The number of ether oxygens (including phenoxy) is 1. The van der Waals surface area contributed by atoms with Crippen molar-refractivity contribution in [2.75, 3.05) is 5.32 Å². The number of rotatable bonds is 6. The molecule has 5 nitrogen and oxygen atoms in total. The van der Waals surface area contributed by atoms with Gasteiger partial charge in [-0.3, -0.25) is 4.79 Å². The number of carbonyl (C=O) groups excluding carboxylic acids is 1. The third kappa shape index (κ3) is 4.94. The van der Waals surface area contributed by atoms with Crippen LogP contribution < -0.4 is 10.1 Å². The summed E-state index contributed by atoms with van der Waals surface area (Å²) in [6.07, 6.45) is 3.28. The van der Waals surface area contributed by atoms with Crippen LogP contribution in [0.5, 0.6) is 5.75 Å². The number of hydrogen-bond acceptors (Lipinski definition) is 3. The Bertz CT molecular complexity index is 1350. The molecule has 7 heteroatoms. The zero-order valence-corrected chi connectivity index (χ0v) is 18.2. The number of amides is 1. The largest absolute Gasteiger partial charge is 0.489 e. The average Bonchev–Trinajstić information content (AvgIpc) is 3.21. The van der Waals surface area contributed by atoms with Crippen molar-refractivity contribution in [1.82, 2.24) is 4.98 Å². The second kappa shape index (κ2) is 9.61. The molecule has 0 aliphatic carbocycles. The van der Waals surface area contributed by atoms with Crippen LogP contribution in [0.1, 0.15) is 11.1 Å². The van der Waals surface area contributed by atoms with Crippen LogP contribution in [-0.4, -0.2) is 10.9 Å². The van der Waals surface area contributed by atoms with E-state index >= 15 is 0 Å². The zero-order valence-electron chi connectivity index (χ0n) is 16.7. The van der Waals surface area contributed by atoms with E-state index in [1.165, 1.54) is 12.1 Å². The lowest BCUT2D eigenvalue weighted by Crippen LogP contribution is -2.13. The van der Waals surface area contributed by atoms with Gasteiger partial charge >= 0.3 is 0 Å². The van der Waals surface area contributed by atoms with Gasteiger partial charge in [0.2, 0.25) is 0 Å². The van der Waals surface area contributed by atoms with Gasteiger partial charge in [0, 0.05) is 28.4 Å². The number of anilines is 1. The molecule has 0 saturated heterocycles. The fraction of sp³-hybridized carbons (Fsp3) is 0.0400. The normalized spacial score (nSPS) is 11.2. The molecule has 0 fully saturated rings. The number of nitrogens with one attached hydrogen (secondary N) is 2. The summed E-state index contributed by atoms with van der Waals surface area (Å²) in [6, 6.07) is 22.2. The summed E-state index contributed by atoms with van der Waals surface area (Å²) >= 11 is 11.9. The van der Waals surface area contributed by atoms with E-state index in [1.807, 2.05) is 54.6 Å². The van der Waals surface area contributed by atoms with E-state index in [0.717, 1.165) is 16.5 Å². The monoisotopic (exact) mass is 461 g/mol. The van der Waals surface area contributed by atoms with E-state index in [4.69, 9.17) is 27.9 Å². The summed E-state index contributed by atoms with van der Waals surface area (Å²) in [6.45, 7) is 0.442. The number of aromatic nitrogens is 1. The zero-order chi connectivity index (χ0) is 22.5. The molecule has 0 radical (unpaired) electrons. The Hall–Kier alpha value is -3.72. The Morgan fingerprint density at radius 3 is 2.62 bits per heavy atom. The van der Waals surface area contributed by atoms with Crippen LogP contribution in [0.3, 0.4) is 0 Å². The highest BCUT2D eigenvalue weighted by atomic mass is 35.5. The maximum atomic E-state index is 12.6. The maximum absolute atomic E-state index is 12.6. The summed E-state index contributed by atoms with van der Waals surface area (Å²) < 4.78 is 5.90. The standard InChI is InChI=1S/C25H17Cl2N3O2/c26-22-8-6-19(11-23(22)27)30-25(31)17(13-28)10-18-14-29-24-9-7-20(12-21(18)24)32-15-16-4-2-1-3-5-16/h1-12,14,29H,15H2,(H,30,31)/b17-10+. The van der Waals surface area contributed by atoms with Crippen molar-refractivity contribution in [2.24, 2.45) is 0 Å². The first-order chi connectivity index (χ1) is 15.5. The summed E-state index contributed by atoms with van der Waals surface area (Å²) in [7, 11) is 0.